The first-order valence-electron chi connectivity index (χ1n) is 6.49. The van der Waals surface area contributed by atoms with Crippen LogP contribution in [0.25, 0.3) is 0 Å². The molecule has 1 aromatic carbocycles. The van der Waals surface area contributed by atoms with Crippen LogP contribution in [0.1, 0.15) is 42.2 Å². The van der Waals surface area contributed by atoms with Crippen molar-refractivity contribution < 1.29 is 9.50 Å². The van der Waals surface area contributed by atoms with E-state index in [1.165, 1.54) is 17.0 Å². The summed E-state index contributed by atoms with van der Waals surface area (Å²) < 4.78 is 13.8. The smallest absolute Gasteiger partial charge is 0.124 e. The third-order valence-corrected chi connectivity index (χ3v) is 5.47. The second-order valence-corrected chi connectivity index (χ2v) is 7.88. The van der Waals surface area contributed by atoms with E-state index >= 15 is 0 Å². The van der Waals surface area contributed by atoms with Gasteiger partial charge in [0.05, 0.1) is 6.10 Å². The van der Waals surface area contributed by atoms with E-state index in [4.69, 9.17) is 0 Å². The number of rotatable bonds is 3. The van der Waals surface area contributed by atoms with E-state index in [1.54, 1.807) is 17.4 Å². The summed E-state index contributed by atoms with van der Waals surface area (Å²) in [4.78, 5) is 2.20. The van der Waals surface area contributed by atoms with Gasteiger partial charge in [0, 0.05) is 20.6 Å². The van der Waals surface area contributed by atoms with Crippen molar-refractivity contribution in [2.75, 3.05) is 0 Å². The van der Waals surface area contributed by atoms with Gasteiger partial charge >= 0.3 is 0 Å². The van der Waals surface area contributed by atoms with Crippen LogP contribution in [0.4, 0.5) is 4.39 Å². The molecule has 0 aliphatic carbocycles. The molecule has 0 amide bonds. The summed E-state index contributed by atoms with van der Waals surface area (Å²) in [5.41, 5.74) is 1.00. The Morgan fingerprint density at radius 2 is 1.95 bits per heavy atom. The van der Waals surface area contributed by atoms with Gasteiger partial charge in [-0.15, -0.1) is 11.3 Å². The highest BCUT2D eigenvalue weighted by Gasteiger charge is 2.19. The topological polar surface area (TPSA) is 20.2 Å². The molecule has 1 N–H and O–H groups in total. The first-order valence-corrected chi connectivity index (χ1v) is 8.10. The van der Waals surface area contributed by atoms with E-state index in [0.29, 0.717) is 10.9 Å². The summed E-state index contributed by atoms with van der Waals surface area (Å²) in [6.07, 6.45) is -0.0804. The maximum atomic E-state index is 13.1. The van der Waals surface area contributed by atoms with E-state index in [0.717, 1.165) is 10.4 Å². The highest BCUT2D eigenvalue weighted by molar-refractivity contribution is 9.10. The molecule has 108 valence electrons. The fraction of sp³-hybridized carbons (Fsp3) is 0.375. The molecule has 0 radical (unpaired) electrons. The first kappa shape index (κ1) is 15.7. The van der Waals surface area contributed by atoms with Crippen LogP contribution in [0, 0.1) is 5.82 Å². The summed E-state index contributed by atoms with van der Waals surface area (Å²) in [5.74, 6) is -0.277. The second-order valence-electron chi connectivity index (χ2n) is 5.91. The maximum absolute atomic E-state index is 13.1. The van der Waals surface area contributed by atoms with E-state index in [1.807, 2.05) is 6.07 Å². The van der Waals surface area contributed by atoms with Crippen LogP contribution in [0.2, 0.25) is 0 Å². The molecule has 2 rings (SSSR count). The van der Waals surface area contributed by atoms with Gasteiger partial charge in [0.2, 0.25) is 0 Å². The molecule has 20 heavy (non-hydrogen) atoms. The summed E-state index contributed by atoms with van der Waals surface area (Å²) in [6.45, 7) is 6.47. The van der Waals surface area contributed by atoms with Crippen molar-refractivity contribution in [3.8, 4) is 0 Å². The quantitative estimate of drug-likeness (QED) is 0.798. The Morgan fingerprint density at radius 1 is 1.25 bits per heavy atom. The molecule has 2 aromatic rings. The van der Waals surface area contributed by atoms with Crippen LogP contribution in [-0.4, -0.2) is 5.11 Å². The zero-order chi connectivity index (χ0) is 14.9. The molecule has 1 atom stereocenters. The lowest BCUT2D eigenvalue weighted by atomic mass is 9.95. The highest BCUT2D eigenvalue weighted by atomic mass is 79.9. The fourth-order valence-corrected chi connectivity index (χ4v) is 3.50. The van der Waals surface area contributed by atoms with Gasteiger partial charge in [0.15, 0.2) is 0 Å². The van der Waals surface area contributed by atoms with Crippen molar-refractivity contribution in [1.29, 1.82) is 0 Å². The number of aliphatic hydroxyl groups excluding tert-OH is 1. The lowest BCUT2D eigenvalue weighted by Crippen LogP contribution is -2.08. The minimum Gasteiger partial charge on any atom is -0.387 e. The van der Waals surface area contributed by atoms with Crippen LogP contribution >= 0.6 is 27.3 Å². The van der Waals surface area contributed by atoms with E-state index < -0.39 is 6.10 Å². The Morgan fingerprint density at radius 3 is 2.50 bits per heavy atom. The van der Waals surface area contributed by atoms with Crippen molar-refractivity contribution in [1.82, 2.24) is 0 Å². The number of aliphatic hydroxyl groups is 1. The predicted octanol–water partition coefficient (Wildman–Crippen LogP) is 5.22. The first-order chi connectivity index (χ1) is 9.27. The zero-order valence-corrected chi connectivity index (χ0v) is 14.2. The Hall–Kier alpha value is -0.710. The summed E-state index contributed by atoms with van der Waals surface area (Å²) in [6, 6.07) is 8.61. The van der Waals surface area contributed by atoms with Crippen molar-refractivity contribution in [3.05, 3.63) is 55.9 Å². The molecule has 1 heterocycles. The van der Waals surface area contributed by atoms with Crippen LogP contribution in [0.5, 0.6) is 0 Å². The largest absolute Gasteiger partial charge is 0.387 e. The van der Waals surface area contributed by atoms with Gasteiger partial charge in [-0.05, 0) is 35.2 Å². The lowest BCUT2D eigenvalue weighted by molar-refractivity contribution is 0.182. The van der Waals surface area contributed by atoms with Crippen molar-refractivity contribution >= 4 is 27.3 Å². The third kappa shape index (κ3) is 3.68. The molecule has 0 bridgehead atoms. The van der Waals surface area contributed by atoms with Crippen LogP contribution in [-0.2, 0) is 11.8 Å². The van der Waals surface area contributed by atoms with E-state index in [2.05, 4.69) is 42.8 Å². The number of halogens is 2. The maximum Gasteiger partial charge on any atom is 0.124 e. The number of hydrogen-bond donors (Lipinski definition) is 1. The van der Waals surface area contributed by atoms with Gasteiger partial charge in [-0.3, -0.25) is 0 Å². The standard InChI is InChI=1S/C16H18BrFOS/c1-16(2,3)15-7-6-14(20-15)13(19)8-10-4-5-11(18)9-12(10)17/h4-7,9,13,19H,8H2,1-3H3. The molecule has 0 saturated carbocycles. The molecule has 1 unspecified atom stereocenters. The Balaban J connectivity index is 2.16. The van der Waals surface area contributed by atoms with Gasteiger partial charge in [-0.1, -0.05) is 42.8 Å². The summed E-state index contributed by atoms with van der Waals surface area (Å²) >= 11 is 4.97. The normalized spacial score (nSPS) is 13.5. The average Bonchev–Trinajstić information content (AvgIpc) is 2.82. The number of benzene rings is 1. The molecule has 0 saturated heterocycles. The van der Waals surface area contributed by atoms with Crippen molar-refractivity contribution in [3.63, 3.8) is 0 Å². The van der Waals surface area contributed by atoms with Crippen molar-refractivity contribution in [2.45, 2.75) is 38.7 Å². The van der Waals surface area contributed by atoms with Crippen LogP contribution < -0.4 is 0 Å². The molecule has 0 fully saturated rings. The minimum atomic E-state index is -0.558. The summed E-state index contributed by atoms with van der Waals surface area (Å²) in [5, 5.41) is 10.3. The molecular weight excluding hydrogens is 339 g/mol. The van der Waals surface area contributed by atoms with Gasteiger partial charge in [-0.2, -0.15) is 0 Å². The van der Waals surface area contributed by atoms with Crippen molar-refractivity contribution in [2.24, 2.45) is 0 Å². The SMILES string of the molecule is CC(C)(C)c1ccc(C(O)Cc2ccc(F)cc2Br)s1. The third-order valence-electron chi connectivity index (χ3n) is 3.12. The van der Waals surface area contributed by atoms with Gasteiger partial charge < -0.3 is 5.11 Å². The monoisotopic (exact) mass is 356 g/mol. The van der Waals surface area contributed by atoms with E-state index in [-0.39, 0.29) is 11.2 Å². The van der Waals surface area contributed by atoms with E-state index in [9.17, 15) is 9.50 Å². The average molecular weight is 357 g/mol. The highest BCUT2D eigenvalue weighted by Crippen LogP contribution is 2.34. The molecule has 1 nitrogen and oxygen atoms in total. The Bertz CT molecular complexity index is 601. The van der Waals surface area contributed by atoms with Crippen LogP contribution in [0.15, 0.2) is 34.8 Å². The predicted molar refractivity (Wildman–Crippen MR) is 85.8 cm³/mol. The van der Waals surface area contributed by atoms with Gasteiger partial charge in [0.1, 0.15) is 5.82 Å². The molecular formula is C16H18BrFOS. The summed E-state index contributed by atoms with van der Waals surface area (Å²) in [7, 11) is 0. The van der Waals surface area contributed by atoms with Gasteiger partial charge in [0.25, 0.3) is 0 Å². The fourth-order valence-electron chi connectivity index (χ4n) is 1.93. The molecule has 0 aliphatic heterocycles. The number of thiophene rings is 1. The van der Waals surface area contributed by atoms with Gasteiger partial charge in [-0.25, -0.2) is 4.39 Å². The van der Waals surface area contributed by atoms with Crippen LogP contribution in [0.3, 0.4) is 0 Å². The number of hydrogen-bond acceptors (Lipinski definition) is 2. The molecule has 4 heteroatoms. The minimum absolute atomic E-state index is 0.0963. The lowest BCUT2D eigenvalue weighted by Gasteiger charge is -2.16. The second kappa shape index (κ2) is 5.96. The molecule has 0 aliphatic rings. The molecule has 1 aromatic heterocycles. The Kier molecular flexibility index (Phi) is 4.67. The molecule has 0 spiro atoms. The zero-order valence-electron chi connectivity index (χ0n) is 11.8. The Labute approximate surface area is 131 Å².